The van der Waals surface area contributed by atoms with E-state index in [0.717, 1.165) is 43.4 Å². The molecule has 1 aliphatic heterocycles. The molecule has 7 heteroatoms. The number of methoxy groups -OCH3 is 2. The molecule has 0 radical (unpaired) electrons. The highest BCUT2D eigenvalue weighted by Gasteiger charge is 2.21. The van der Waals surface area contributed by atoms with Crippen LogP contribution in [0.2, 0.25) is 0 Å². The number of ether oxygens (including phenoxy) is 2. The Morgan fingerprint density at radius 2 is 1.91 bits per heavy atom. The number of nitrogens with zero attached hydrogens (tertiary/aromatic N) is 2. The van der Waals surface area contributed by atoms with Crippen molar-refractivity contribution >= 4 is 28.7 Å². The molecule has 0 amide bonds. The summed E-state index contributed by atoms with van der Waals surface area (Å²) in [6, 6.07) is 5.89. The Kier molecular flexibility index (Phi) is 7.00. The van der Waals surface area contributed by atoms with E-state index in [1.807, 2.05) is 41.2 Å². The normalized spacial score (nSPS) is 17.4. The van der Waals surface area contributed by atoms with Crippen molar-refractivity contribution in [3.8, 4) is 11.5 Å². The summed E-state index contributed by atoms with van der Waals surface area (Å²) in [5.41, 5.74) is 1.08. The second kappa shape index (κ2) is 8.76. The van der Waals surface area contributed by atoms with E-state index in [2.05, 4.69) is 9.80 Å². The van der Waals surface area contributed by atoms with Gasteiger partial charge in [0.25, 0.3) is 0 Å². The van der Waals surface area contributed by atoms with Gasteiger partial charge in [-0.05, 0) is 12.1 Å². The zero-order chi connectivity index (χ0) is 15.9. The summed E-state index contributed by atoms with van der Waals surface area (Å²) in [5, 5.41) is 9.81. The summed E-state index contributed by atoms with van der Waals surface area (Å²) in [7, 11) is 3.33. The third-order valence-corrected chi connectivity index (χ3v) is 4.18. The van der Waals surface area contributed by atoms with E-state index in [0.29, 0.717) is 13.2 Å². The molecule has 22 heavy (non-hydrogen) atoms. The van der Waals surface area contributed by atoms with Crippen LogP contribution >= 0.6 is 23.0 Å². The second-order valence-electron chi connectivity index (χ2n) is 5.26. The molecule has 1 fully saturated rings. The summed E-state index contributed by atoms with van der Waals surface area (Å²) in [4.78, 5) is 4.56. The van der Waals surface area contributed by atoms with E-state index in [1.165, 1.54) is 0 Å². The standard InChI is InChI=1S/C15H23IN2O4/c1-20-13-3-4-14(15(9-13)21-2)18-7-5-17(6-8-18)10-12(19)11-22-16/h3-4,9,12,19H,5-8,10-11H2,1-2H3. The molecule has 0 aromatic heterocycles. The number of rotatable bonds is 7. The third kappa shape index (κ3) is 4.61. The van der Waals surface area contributed by atoms with Crippen LogP contribution in [0, 0.1) is 0 Å². The fraction of sp³-hybridized carbons (Fsp3) is 0.600. The Morgan fingerprint density at radius 3 is 2.50 bits per heavy atom. The van der Waals surface area contributed by atoms with Crippen LogP contribution in [-0.4, -0.2) is 69.7 Å². The summed E-state index contributed by atoms with van der Waals surface area (Å²) in [6.07, 6.45) is -0.432. The zero-order valence-electron chi connectivity index (χ0n) is 13.0. The first kappa shape index (κ1) is 17.6. The SMILES string of the molecule is COc1ccc(N2CCN(CC(O)COI)CC2)c(OC)c1. The van der Waals surface area contributed by atoms with Crippen LogP contribution in [0.25, 0.3) is 0 Å². The fourth-order valence-corrected chi connectivity index (χ4v) is 3.06. The topological polar surface area (TPSA) is 54.4 Å². The number of hydrogen-bond acceptors (Lipinski definition) is 6. The lowest BCUT2D eigenvalue weighted by molar-refractivity contribution is 0.0800. The molecule has 1 unspecified atom stereocenters. The maximum absolute atomic E-state index is 9.81. The summed E-state index contributed by atoms with van der Waals surface area (Å²) in [6.45, 7) is 4.64. The van der Waals surface area contributed by atoms with E-state index in [4.69, 9.17) is 12.5 Å². The number of benzene rings is 1. The molecular weight excluding hydrogens is 399 g/mol. The Labute approximate surface area is 145 Å². The number of hydrogen-bond donors (Lipinski definition) is 1. The first-order chi connectivity index (χ1) is 10.7. The first-order valence-electron chi connectivity index (χ1n) is 7.29. The molecule has 1 aliphatic rings. The highest BCUT2D eigenvalue weighted by molar-refractivity contribution is 14.1. The molecule has 1 aromatic carbocycles. The average molecular weight is 422 g/mol. The first-order valence-corrected chi connectivity index (χ1v) is 8.17. The van der Waals surface area contributed by atoms with Crippen molar-refractivity contribution in [2.75, 3.05) is 58.5 Å². The quantitative estimate of drug-likeness (QED) is 0.674. The molecule has 1 N–H and O–H groups in total. The molecule has 1 atom stereocenters. The molecule has 6 nitrogen and oxygen atoms in total. The van der Waals surface area contributed by atoms with Crippen LogP contribution in [0.4, 0.5) is 5.69 Å². The minimum Gasteiger partial charge on any atom is -0.497 e. The highest BCUT2D eigenvalue weighted by atomic mass is 127. The maximum atomic E-state index is 9.81. The second-order valence-corrected chi connectivity index (χ2v) is 5.88. The van der Waals surface area contributed by atoms with Crippen molar-refractivity contribution in [3.63, 3.8) is 0 Å². The van der Waals surface area contributed by atoms with Gasteiger partial charge in [-0.3, -0.25) is 4.90 Å². The Hall–Kier alpha value is -0.770. The highest BCUT2D eigenvalue weighted by Crippen LogP contribution is 2.32. The van der Waals surface area contributed by atoms with E-state index in [1.54, 1.807) is 14.2 Å². The van der Waals surface area contributed by atoms with Gasteiger partial charge in [0.2, 0.25) is 0 Å². The zero-order valence-corrected chi connectivity index (χ0v) is 15.2. The van der Waals surface area contributed by atoms with Crippen LogP contribution in [-0.2, 0) is 3.07 Å². The Morgan fingerprint density at radius 1 is 1.18 bits per heavy atom. The van der Waals surface area contributed by atoms with Gasteiger partial charge in [-0.1, -0.05) is 0 Å². The minimum absolute atomic E-state index is 0.368. The maximum Gasteiger partial charge on any atom is 0.145 e. The van der Waals surface area contributed by atoms with Crippen molar-refractivity contribution in [2.24, 2.45) is 0 Å². The number of aliphatic hydroxyl groups is 1. The largest absolute Gasteiger partial charge is 0.497 e. The number of anilines is 1. The fourth-order valence-electron chi connectivity index (χ4n) is 2.64. The van der Waals surface area contributed by atoms with Crippen molar-refractivity contribution in [1.82, 2.24) is 4.90 Å². The smallest absolute Gasteiger partial charge is 0.145 e. The molecule has 0 spiro atoms. The summed E-state index contributed by atoms with van der Waals surface area (Å²) < 4.78 is 15.6. The third-order valence-electron chi connectivity index (χ3n) is 3.82. The number of halogens is 1. The van der Waals surface area contributed by atoms with Crippen LogP contribution in [0.15, 0.2) is 18.2 Å². The van der Waals surface area contributed by atoms with Crippen molar-refractivity contribution in [1.29, 1.82) is 0 Å². The molecule has 1 heterocycles. The van der Waals surface area contributed by atoms with Crippen LogP contribution < -0.4 is 14.4 Å². The van der Waals surface area contributed by atoms with Gasteiger partial charge in [-0.15, -0.1) is 0 Å². The van der Waals surface area contributed by atoms with Gasteiger partial charge in [0.05, 0.1) is 32.6 Å². The number of aliphatic hydroxyl groups excluding tert-OH is 1. The van der Waals surface area contributed by atoms with Gasteiger partial charge < -0.3 is 22.5 Å². The summed E-state index contributed by atoms with van der Waals surface area (Å²) in [5.74, 6) is 1.62. The Balaban J connectivity index is 1.94. The molecule has 1 saturated heterocycles. The van der Waals surface area contributed by atoms with E-state index in [-0.39, 0.29) is 0 Å². The minimum atomic E-state index is -0.432. The molecule has 0 aliphatic carbocycles. The van der Waals surface area contributed by atoms with Crippen molar-refractivity contribution in [3.05, 3.63) is 18.2 Å². The Bertz CT molecular complexity index is 467. The van der Waals surface area contributed by atoms with Crippen molar-refractivity contribution < 1.29 is 17.6 Å². The van der Waals surface area contributed by atoms with Gasteiger partial charge in [-0.25, -0.2) is 0 Å². The lowest BCUT2D eigenvalue weighted by Gasteiger charge is -2.37. The van der Waals surface area contributed by atoms with Gasteiger partial charge in [0.1, 0.15) is 34.5 Å². The van der Waals surface area contributed by atoms with Gasteiger partial charge in [0.15, 0.2) is 0 Å². The van der Waals surface area contributed by atoms with Crippen molar-refractivity contribution in [2.45, 2.75) is 6.10 Å². The molecular formula is C15H23IN2O4. The predicted octanol–water partition coefficient (Wildman–Crippen LogP) is 1.55. The van der Waals surface area contributed by atoms with E-state index >= 15 is 0 Å². The van der Waals surface area contributed by atoms with Gasteiger partial charge in [0, 0.05) is 38.8 Å². The van der Waals surface area contributed by atoms with E-state index in [9.17, 15) is 5.11 Å². The molecule has 2 rings (SSSR count). The predicted molar refractivity (Wildman–Crippen MR) is 94.2 cm³/mol. The monoisotopic (exact) mass is 422 g/mol. The lowest BCUT2D eigenvalue weighted by atomic mass is 10.2. The average Bonchev–Trinajstić information content (AvgIpc) is 2.55. The van der Waals surface area contributed by atoms with Gasteiger partial charge in [-0.2, -0.15) is 0 Å². The molecule has 0 bridgehead atoms. The van der Waals surface area contributed by atoms with Crippen LogP contribution in [0.1, 0.15) is 0 Å². The summed E-state index contributed by atoms with van der Waals surface area (Å²) >= 11 is 1.81. The molecule has 124 valence electrons. The lowest BCUT2D eigenvalue weighted by Crippen LogP contribution is -2.49. The number of β-amino-alcohol motifs (C(OH)–C–C–N with tert-alkyl or cyclic N) is 1. The number of piperazine rings is 1. The van der Waals surface area contributed by atoms with E-state index < -0.39 is 6.10 Å². The van der Waals surface area contributed by atoms with Crippen LogP contribution in [0.5, 0.6) is 11.5 Å². The van der Waals surface area contributed by atoms with Gasteiger partial charge >= 0.3 is 0 Å². The molecule has 0 saturated carbocycles. The van der Waals surface area contributed by atoms with Crippen LogP contribution in [0.3, 0.4) is 0 Å². The molecule has 1 aromatic rings.